The summed E-state index contributed by atoms with van der Waals surface area (Å²) in [5.74, 6) is -3.10. The van der Waals surface area contributed by atoms with Gasteiger partial charge < -0.3 is 30.6 Å². The standard InChI is InChI=1S/C22H27N3O6/c23-19-17(21(27)28)16(18(22(29)30)20(26)24-19)14-8-2-3-9-15(14)31-13-7-6-12-25-10-4-1-5-11-25/h2-3,8-9H,1,4-7,10-13H2,(H,27,28)(H,29,30)(H3,23,24,26). The number of nitrogens with one attached hydrogen (secondary N) is 1. The molecule has 5 N–H and O–H groups in total. The highest BCUT2D eigenvalue weighted by molar-refractivity contribution is 6.08. The minimum absolute atomic E-state index is 0.200. The van der Waals surface area contributed by atoms with Crippen LogP contribution in [0.4, 0.5) is 5.82 Å². The lowest BCUT2D eigenvalue weighted by Gasteiger charge is -2.26. The number of carbonyl (C=O) groups is 2. The average Bonchev–Trinajstić information content (AvgIpc) is 2.73. The van der Waals surface area contributed by atoms with Crippen LogP contribution in [0.3, 0.4) is 0 Å². The van der Waals surface area contributed by atoms with Crippen LogP contribution in [0.15, 0.2) is 29.1 Å². The molecule has 1 aliphatic heterocycles. The number of para-hydroxylation sites is 1. The number of aromatic nitrogens is 1. The molecule has 1 aliphatic rings. The van der Waals surface area contributed by atoms with Gasteiger partial charge in [0.15, 0.2) is 0 Å². The highest BCUT2D eigenvalue weighted by atomic mass is 16.5. The van der Waals surface area contributed by atoms with E-state index in [4.69, 9.17) is 10.5 Å². The van der Waals surface area contributed by atoms with Gasteiger partial charge in [-0.2, -0.15) is 0 Å². The number of rotatable bonds is 9. The van der Waals surface area contributed by atoms with Crippen molar-refractivity contribution in [2.75, 3.05) is 32.0 Å². The molecule has 0 unspecified atom stereocenters. The van der Waals surface area contributed by atoms with E-state index in [-0.39, 0.29) is 11.1 Å². The zero-order valence-corrected chi connectivity index (χ0v) is 17.2. The van der Waals surface area contributed by atoms with Crippen LogP contribution in [0.5, 0.6) is 5.75 Å². The van der Waals surface area contributed by atoms with E-state index in [9.17, 15) is 24.6 Å². The summed E-state index contributed by atoms with van der Waals surface area (Å²) in [5, 5.41) is 19.2. The Kier molecular flexibility index (Phi) is 7.30. The van der Waals surface area contributed by atoms with Crippen molar-refractivity contribution in [3.05, 3.63) is 45.7 Å². The first-order valence-electron chi connectivity index (χ1n) is 10.4. The molecule has 1 fully saturated rings. The molecular weight excluding hydrogens is 402 g/mol. The van der Waals surface area contributed by atoms with Gasteiger partial charge in [-0.3, -0.25) is 4.79 Å². The normalized spacial score (nSPS) is 14.3. The Morgan fingerprint density at radius 1 is 1.03 bits per heavy atom. The maximum atomic E-state index is 12.3. The van der Waals surface area contributed by atoms with E-state index < -0.39 is 34.4 Å². The molecule has 0 bridgehead atoms. The molecule has 1 aromatic heterocycles. The summed E-state index contributed by atoms with van der Waals surface area (Å²) >= 11 is 0. The molecule has 0 saturated carbocycles. The SMILES string of the molecule is Nc1[nH]c(=O)c(C(=O)O)c(-c2ccccc2OCCCCN2CCCCC2)c1C(=O)O. The number of carboxylic acids is 2. The minimum Gasteiger partial charge on any atom is -0.493 e. The zero-order chi connectivity index (χ0) is 22.4. The third-order valence-corrected chi connectivity index (χ3v) is 5.40. The number of nitrogens with zero attached hydrogens (tertiary/aromatic N) is 1. The Morgan fingerprint density at radius 3 is 2.39 bits per heavy atom. The third kappa shape index (κ3) is 5.24. The molecule has 1 aromatic carbocycles. The zero-order valence-electron chi connectivity index (χ0n) is 17.2. The second-order valence-electron chi connectivity index (χ2n) is 7.56. The number of anilines is 1. The molecule has 166 valence electrons. The number of aromatic carboxylic acids is 2. The predicted octanol–water partition coefficient (Wildman–Crippen LogP) is 2.67. The van der Waals surface area contributed by atoms with Crippen molar-refractivity contribution >= 4 is 17.8 Å². The van der Waals surface area contributed by atoms with Crippen molar-refractivity contribution in [3.8, 4) is 16.9 Å². The van der Waals surface area contributed by atoms with E-state index in [2.05, 4.69) is 9.88 Å². The lowest BCUT2D eigenvalue weighted by Crippen LogP contribution is -2.30. The quantitative estimate of drug-likeness (QED) is 0.445. The van der Waals surface area contributed by atoms with Crippen LogP contribution in [0.25, 0.3) is 11.1 Å². The summed E-state index contributed by atoms with van der Waals surface area (Å²) < 4.78 is 5.87. The van der Waals surface area contributed by atoms with Crippen LogP contribution in [0.1, 0.15) is 52.8 Å². The van der Waals surface area contributed by atoms with Crippen LogP contribution in [-0.4, -0.2) is 58.3 Å². The first-order valence-corrected chi connectivity index (χ1v) is 10.4. The van der Waals surface area contributed by atoms with Crippen molar-refractivity contribution in [1.29, 1.82) is 0 Å². The van der Waals surface area contributed by atoms with Gasteiger partial charge in [-0.1, -0.05) is 24.6 Å². The predicted molar refractivity (Wildman–Crippen MR) is 116 cm³/mol. The van der Waals surface area contributed by atoms with Crippen molar-refractivity contribution in [2.45, 2.75) is 32.1 Å². The molecule has 0 spiro atoms. The summed E-state index contributed by atoms with van der Waals surface area (Å²) in [4.78, 5) is 40.4. The number of carboxylic acid groups (broad SMARTS) is 2. The molecule has 0 aliphatic carbocycles. The molecule has 9 heteroatoms. The molecule has 9 nitrogen and oxygen atoms in total. The Morgan fingerprint density at radius 2 is 1.71 bits per heavy atom. The number of likely N-dealkylation sites (tertiary alicyclic amines) is 1. The summed E-state index contributed by atoms with van der Waals surface area (Å²) in [5.41, 5.74) is 3.52. The highest BCUT2D eigenvalue weighted by Gasteiger charge is 2.28. The van der Waals surface area contributed by atoms with Crippen molar-refractivity contribution in [2.24, 2.45) is 0 Å². The number of H-pyrrole nitrogens is 1. The van der Waals surface area contributed by atoms with Crippen LogP contribution >= 0.6 is 0 Å². The van der Waals surface area contributed by atoms with Gasteiger partial charge >= 0.3 is 11.9 Å². The largest absolute Gasteiger partial charge is 0.493 e. The smallest absolute Gasteiger partial charge is 0.342 e. The van der Waals surface area contributed by atoms with Gasteiger partial charge in [-0.25, -0.2) is 9.59 Å². The molecule has 2 heterocycles. The van der Waals surface area contributed by atoms with Crippen LogP contribution in [-0.2, 0) is 0 Å². The van der Waals surface area contributed by atoms with Crippen LogP contribution in [0, 0.1) is 0 Å². The number of nitrogen functional groups attached to an aromatic ring is 1. The van der Waals surface area contributed by atoms with E-state index >= 15 is 0 Å². The van der Waals surface area contributed by atoms with Crippen molar-refractivity contribution < 1.29 is 24.5 Å². The summed E-state index contributed by atoms with van der Waals surface area (Å²) in [6.45, 7) is 3.64. The van der Waals surface area contributed by atoms with Crippen LogP contribution < -0.4 is 16.0 Å². The van der Waals surface area contributed by atoms with Gasteiger partial charge in [0.05, 0.1) is 6.61 Å². The first kappa shape index (κ1) is 22.4. The average molecular weight is 429 g/mol. The van der Waals surface area contributed by atoms with Gasteiger partial charge in [0.25, 0.3) is 5.56 Å². The van der Waals surface area contributed by atoms with E-state index in [1.807, 2.05) is 0 Å². The molecule has 2 aromatic rings. The number of aromatic amines is 1. The van der Waals surface area contributed by atoms with E-state index in [0.717, 1.165) is 32.5 Å². The number of unbranched alkanes of at least 4 members (excludes halogenated alkanes) is 1. The van der Waals surface area contributed by atoms with Crippen LogP contribution in [0.2, 0.25) is 0 Å². The molecule has 0 atom stereocenters. The lowest BCUT2D eigenvalue weighted by atomic mass is 9.94. The maximum absolute atomic E-state index is 12.3. The lowest BCUT2D eigenvalue weighted by molar-refractivity contribution is 0.0695. The number of piperidine rings is 1. The summed E-state index contributed by atoms with van der Waals surface area (Å²) in [7, 11) is 0. The monoisotopic (exact) mass is 429 g/mol. The molecule has 1 saturated heterocycles. The third-order valence-electron chi connectivity index (χ3n) is 5.40. The van der Waals surface area contributed by atoms with Gasteiger partial charge in [-0.15, -0.1) is 0 Å². The molecule has 3 rings (SSSR count). The van der Waals surface area contributed by atoms with Crippen molar-refractivity contribution in [3.63, 3.8) is 0 Å². The van der Waals surface area contributed by atoms with E-state index in [1.165, 1.54) is 25.3 Å². The second-order valence-corrected chi connectivity index (χ2v) is 7.56. The fourth-order valence-corrected chi connectivity index (χ4v) is 3.92. The molecular formula is C22H27N3O6. The minimum atomic E-state index is -1.55. The summed E-state index contributed by atoms with van der Waals surface area (Å²) in [6, 6.07) is 6.46. The topological polar surface area (TPSA) is 146 Å². The number of benzene rings is 1. The second kappa shape index (κ2) is 10.1. The number of nitrogens with two attached hydrogens (primary N) is 1. The Balaban J connectivity index is 1.83. The maximum Gasteiger partial charge on any atom is 0.342 e. The van der Waals surface area contributed by atoms with E-state index in [0.29, 0.717) is 12.4 Å². The number of ether oxygens (including phenoxy) is 1. The van der Waals surface area contributed by atoms with Gasteiger partial charge in [0.2, 0.25) is 0 Å². The van der Waals surface area contributed by atoms with E-state index in [1.54, 1.807) is 18.2 Å². The number of hydrogen-bond donors (Lipinski definition) is 4. The number of pyridine rings is 1. The van der Waals surface area contributed by atoms with Gasteiger partial charge in [0, 0.05) is 11.1 Å². The first-order chi connectivity index (χ1) is 14.9. The van der Waals surface area contributed by atoms with Gasteiger partial charge in [0.1, 0.15) is 22.7 Å². The summed E-state index contributed by atoms with van der Waals surface area (Å²) in [6.07, 6.45) is 5.52. The molecule has 0 radical (unpaired) electrons. The fourth-order valence-electron chi connectivity index (χ4n) is 3.92. The van der Waals surface area contributed by atoms with Gasteiger partial charge in [-0.05, 0) is 51.4 Å². The Labute approximate surface area is 179 Å². The Hall–Kier alpha value is -3.33. The highest BCUT2D eigenvalue weighted by Crippen LogP contribution is 2.35. The molecule has 0 amide bonds. The number of hydrogen-bond acceptors (Lipinski definition) is 6. The fraction of sp³-hybridized carbons (Fsp3) is 0.409. The Bertz CT molecular complexity index is 1010. The van der Waals surface area contributed by atoms with Crippen molar-refractivity contribution in [1.82, 2.24) is 9.88 Å². The molecule has 31 heavy (non-hydrogen) atoms.